The van der Waals surface area contributed by atoms with Crippen molar-refractivity contribution in [2.24, 2.45) is 0 Å². The van der Waals surface area contributed by atoms with Gasteiger partial charge in [0.25, 0.3) is 10.2 Å². The summed E-state index contributed by atoms with van der Waals surface area (Å²) < 4.78 is 55.2. The van der Waals surface area contributed by atoms with E-state index in [-0.39, 0.29) is 6.04 Å². The predicted molar refractivity (Wildman–Crippen MR) is 84.5 cm³/mol. The molecule has 0 N–H and O–H groups in total. The minimum absolute atomic E-state index is 0.144. The fourth-order valence-corrected chi connectivity index (χ4v) is 4.91. The molecule has 0 aromatic heterocycles. The molecular formula is C15H21F2N3O2S. The van der Waals surface area contributed by atoms with Gasteiger partial charge in [0, 0.05) is 44.8 Å². The standard InChI is InChI=1S/C15H21F2N3O2S/c1-12-5-8-18(15-4-3-13(16)11-14(15)17)9-10-20(12)23(21,22)19-6-2-7-19/h3-4,11-12H,2,5-10H2,1H3. The molecule has 2 fully saturated rings. The van der Waals surface area contributed by atoms with Gasteiger partial charge < -0.3 is 4.90 Å². The third-order valence-electron chi connectivity index (χ3n) is 4.59. The summed E-state index contributed by atoms with van der Waals surface area (Å²) in [4.78, 5) is 1.79. The van der Waals surface area contributed by atoms with Crippen LogP contribution in [0.15, 0.2) is 18.2 Å². The van der Waals surface area contributed by atoms with Crippen LogP contribution in [0.5, 0.6) is 0 Å². The number of benzene rings is 1. The smallest absolute Gasteiger partial charge is 0.282 e. The zero-order valence-electron chi connectivity index (χ0n) is 13.1. The minimum Gasteiger partial charge on any atom is -0.368 e. The number of halogens is 2. The zero-order valence-corrected chi connectivity index (χ0v) is 13.9. The Bertz CT molecular complexity index is 679. The van der Waals surface area contributed by atoms with E-state index in [1.165, 1.54) is 20.7 Å². The van der Waals surface area contributed by atoms with Crippen molar-refractivity contribution in [2.75, 3.05) is 37.6 Å². The maximum Gasteiger partial charge on any atom is 0.282 e. The second-order valence-electron chi connectivity index (χ2n) is 6.09. The van der Waals surface area contributed by atoms with Gasteiger partial charge in [0.2, 0.25) is 0 Å². The van der Waals surface area contributed by atoms with Gasteiger partial charge in [0.1, 0.15) is 11.6 Å². The Labute approximate surface area is 135 Å². The van der Waals surface area contributed by atoms with Crippen LogP contribution in [0, 0.1) is 11.6 Å². The average Bonchev–Trinajstić information content (AvgIpc) is 2.59. The average molecular weight is 345 g/mol. The SMILES string of the molecule is CC1CCN(c2ccc(F)cc2F)CCN1S(=O)(=O)N1CCC1. The first-order chi connectivity index (χ1) is 10.9. The molecule has 2 heterocycles. The van der Waals surface area contributed by atoms with Crippen molar-refractivity contribution >= 4 is 15.9 Å². The molecular weight excluding hydrogens is 324 g/mol. The lowest BCUT2D eigenvalue weighted by molar-refractivity contribution is 0.255. The Morgan fingerprint density at radius 2 is 1.83 bits per heavy atom. The van der Waals surface area contributed by atoms with E-state index in [2.05, 4.69) is 0 Å². The number of rotatable bonds is 3. The van der Waals surface area contributed by atoms with E-state index in [1.54, 1.807) is 4.90 Å². The fraction of sp³-hybridized carbons (Fsp3) is 0.600. The summed E-state index contributed by atoms with van der Waals surface area (Å²) in [6.45, 7) is 4.25. The van der Waals surface area contributed by atoms with Gasteiger partial charge >= 0.3 is 0 Å². The Kier molecular flexibility index (Phi) is 4.57. The molecule has 1 aromatic rings. The Balaban J connectivity index is 1.78. The van der Waals surface area contributed by atoms with E-state index in [0.29, 0.717) is 44.8 Å². The van der Waals surface area contributed by atoms with Crippen molar-refractivity contribution in [1.82, 2.24) is 8.61 Å². The Hall–Kier alpha value is -1.25. The molecule has 5 nitrogen and oxygen atoms in total. The summed E-state index contributed by atoms with van der Waals surface area (Å²) in [5.74, 6) is -1.23. The molecule has 0 amide bonds. The predicted octanol–water partition coefficient (Wildman–Crippen LogP) is 1.82. The van der Waals surface area contributed by atoms with E-state index in [9.17, 15) is 17.2 Å². The largest absolute Gasteiger partial charge is 0.368 e. The molecule has 0 bridgehead atoms. The summed E-state index contributed by atoms with van der Waals surface area (Å²) in [5, 5.41) is 0. The lowest BCUT2D eigenvalue weighted by Gasteiger charge is -2.36. The van der Waals surface area contributed by atoms with Crippen LogP contribution in [0.4, 0.5) is 14.5 Å². The van der Waals surface area contributed by atoms with Gasteiger partial charge in [-0.1, -0.05) is 0 Å². The minimum atomic E-state index is -3.43. The highest BCUT2D eigenvalue weighted by Crippen LogP contribution is 2.26. The maximum absolute atomic E-state index is 14.0. The van der Waals surface area contributed by atoms with Gasteiger partial charge in [-0.15, -0.1) is 0 Å². The number of hydrogen-bond donors (Lipinski definition) is 0. The maximum atomic E-state index is 14.0. The summed E-state index contributed by atoms with van der Waals surface area (Å²) in [6, 6.07) is 3.35. The van der Waals surface area contributed by atoms with Crippen LogP contribution in [0.2, 0.25) is 0 Å². The molecule has 128 valence electrons. The lowest BCUT2D eigenvalue weighted by Crippen LogP contribution is -2.53. The van der Waals surface area contributed by atoms with Crippen LogP contribution in [0.1, 0.15) is 19.8 Å². The number of anilines is 1. The van der Waals surface area contributed by atoms with Crippen molar-refractivity contribution in [3.8, 4) is 0 Å². The van der Waals surface area contributed by atoms with Crippen molar-refractivity contribution in [1.29, 1.82) is 0 Å². The monoisotopic (exact) mass is 345 g/mol. The van der Waals surface area contributed by atoms with Crippen molar-refractivity contribution < 1.29 is 17.2 Å². The summed E-state index contributed by atoms with van der Waals surface area (Å²) >= 11 is 0. The normalized spacial score (nSPS) is 24.3. The molecule has 2 saturated heterocycles. The first-order valence-electron chi connectivity index (χ1n) is 7.86. The highest BCUT2D eigenvalue weighted by Gasteiger charge is 2.37. The Morgan fingerprint density at radius 1 is 1.09 bits per heavy atom. The quantitative estimate of drug-likeness (QED) is 0.839. The van der Waals surface area contributed by atoms with Gasteiger partial charge in [-0.25, -0.2) is 8.78 Å². The van der Waals surface area contributed by atoms with E-state index in [4.69, 9.17) is 0 Å². The lowest BCUT2D eigenvalue weighted by atomic mass is 10.2. The summed E-state index contributed by atoms with van der Waals surface area (Å²) in [7, 11) is -3.43. The fourth-order valence-electron chi connectivity index (χ4n) is 3.03. The van der Waals surface area contributed by atoms with Gasteiger partial charge in [0.05, 0.1) is 5.69 Å². The molecule has 0 aliphatic carbocycles. The van der Waals surface area contributed by atoms with E-state index in [0.717, 1.165) is 12.5 Å². The van der Waals surface area contributed by atoms with Gasteiger partial charge in [-0.05, 0) is 31.9 Å². The first-order valence-corrected chi connectivity index (χ1v) is 9.26. The molecule has 0 radical (unpaired) electrons. The molecule has 0 spiro atoms. The third kappa shape index (κ3) is 3.20. The highest BCUT2D eigenvalue weighted by molar-refractivity contribution is 7.86. The summed E-state index contributed by atoms with van der Waals surface area (Å²) in [5.41, 5.74) is 0.321. The van der Waals surface area contributed by atoms with Crippen molar-refractivity contribution in [2.45, 2.75) is 25.8 Å². The molecule has 0 saturated carbocycles. The van der Waals surface area contributed by atoms with Crippen LogP contribution < -0.4 is 4.90 Å². The second-order valence-corrected chi connectivity index (χ2v) is 7.97. The molecule has 1 unspecified atom stereocenters. The van der Waals surface area contributed by atoms with Crippen LogP contribution in [0.3, 0.4) is 0 Å². The van der Waals surface area contributed by atoms with Gasteiger partial charge in [-0.2, -0.15) is 17.0 Å². The second kappa shape index (κ2) is 6.33. The number of hydrogen-bond acceptors (Lipinski definition) is 3. The van der Waals surface area contributed by atoms with Crippen LogP contribution >= 0.6 is 0 Å². The van der Waals surface area contributed by atoms with Crippen molar-refractivity contribution in [3.63, 3.8) is 0 Å². The molecule has 2 aliphatic rings. The molecule has 8 heteroatoms. The van der Waals surface area contributed by atoms with E-state index < -0.39 is 21.8 Å². The summed E-state index contributed by atoms with van der Waals surface area (Å²) in [6.07, 6.45) is 1.50. The topological polar surface area (TPSA) is 43.9 Å². The van der Waals surface area contributed by atoms with Crippen LogP contribution in [-0.4, -0.2) is 55.8 Å². The van der Waals surface area contributed by atoms with Crippen molar-refractivity contribution in [3.05, 3.63) is 29.8 Å². The van der Waals surface area contributed by atoms with E-state index >= 15 is 0 Å². The Morgan fingerprint density at radius 3 is 2.43 bits per heavy atom. The zero-order chi connectivity index (χ0) is 16.6. The number of nitrogens with zero attached hydrogens (tertiary/aromatic N) is 3. The van der Waals surface area contributed by atoms with Gasteiger partial charge in [-0.3, -0.25) is 0 Å². The van der Waals surface area contributed by atoms with Crippen LogP contribution in [0.25, 0.3) is 0 Å². The molecule has 1 atom stereocenters. The highest BCUT2D eigenvalue weighted by atomic mass is 32.2. The van der Waals surface area contributed by atoms with Crippen LogP contribution in [-0.2, 0) is 10.2 Å². The first kappa shape index (κ1) is 16.6. The molecule has 2 aliphatic heterocycles. The molecule has 1 aromatic carbocycles. The van der Waals surface area contributed by atoms with Gasteiger partial charge in [0.15, 0.2) is 0 Å². The molecule has 23 heavy (non-hydrogen) atoms. The van der Waals surface area contributed by atoms with E-state index in [1.807, 2.05) is 6.92 Å². The third-order valence-corrected chi connectivity index (χ3v) is 6.74. The molecule has 3 rings (SSSR count).